The van der Waals surface area contributed by atoms with Crippen LogP contribution in [0.25, 0.3) is 0 Å². The summed E-state index contributed by atoms with van der Waals surface area (Å²) in [4.78, 5) is 50.7. The summed E-state index contributed by atoms with van der Waals surface area (Å²) in [6.45, 7) is -0.799. The fraction of sp³-hybridized carbons (Fsp3) is 0.250. The topological polar surface area (TPSA) is 92.8 Å². The first kappa shape index (κ1) is 23.2. The van der Waals surface area contributed by atoms with Crippen LogP contribution in [0.2, 0.25) is 0 Å². The number of carbonyl (C=O) groups is 4. The predicted molar refractivity (Wildman–Crippen MR) is 115 cm³/mol. The van der Waals surface area contributed by atoms with E-state index in [1.165, 1.54) is 36.4 Å². The van der Waals surface area contributed by atoms with Gasteiger partial charge in [-0.15, -0.1) is 0 Å². The van der Waals surface area contributed by atoms with Crippen molar-refractivity contribution in [1.82, 2.24) is 0 Å². The third-order valence-corrected chi connectivity index (χ3v) is 5.71. The molecule has 1 N–H and O–H groups in total. The fourth-order valence-corrected chi connectivity index (χ4v) is 4.04. The van der Waals surface area contributed by atoms with Gasteiger partial charge in [0.05, 0.1) is 34.3 Å². The third kappa shape index (κ3) is 4.57. The molecule has 0 radical (unpaired) electrons. The van der Waals surface area contributed by atoms with Crippen molar-refractivity contribution in [2.45, 2.75) is 19.0 Å². The highest BCUT2D eigenvalue weighted by Crippen LogP contribution is 2.38. The first-order valence-electron chi connectivity index (χ1n) is 10.4. The zero-order valence-corrected chi connectivity index (χ0v) is 17.7. The number of alkyl halides is 3. The van der Waals surface area contributed by atoms with E-state index in [9.17, 15) is 32.3 Å². The van der Waals surface area contributed by atoms with E-state index < -0.39 is 35.9 Å². The molecule has 0 saturated carbocycles. The number of benzene rings is 2. The number of ether oxygens (including phenoxy) is 1. The molecule has 1 fully saturated rings. The van der Waals surface area contributed by atoms with E-state index in [1.807, 2.05) is 12.2 Å². The number of para-hydroxylation sites is 1. The molecule has 2 aliphatic rings. The minimum atomic E-state index is -4.66. The van der Waals surface area contributed by atoms with Crippen molar-refractivity contribution in [3.63, 3.8) is 0 Å². The van der Waals surface area contributed by atoms with E-state index in [-0.39, 0.29) is 29.2 Å². The van der Waals surface area contributed by atoms with Crippen LogP contribution in [-0.4, -0.2) is 30.3 Å². The van der Waals surface area contributed by atoms with Crippen LogP contribution in [0.15, 0.2) is 60.7 Å². The number of rotatable bonds is 5. The maximum absolute atomic E-state index is 13.0. The van der Waals surface area contributed by atoms with Gasteiger partial charge in [-0.25, -0.2) is 4.79 Å². The summed E-state index contributed by atoms with van der Waals surface area (Å²) >= 11 is 0. The van der Waals surface area contributed by atoms with Gasteiger partial charge in [0.25, 0.3) is 5.91 Å². The Bertz CT molecular complexity index is 1150. The number of fused-ring (bicyclic) bond motifs is 1. The van der Waals surface area contributed by atoms with Crippen LogP contribution in [0.4, 0.5) is 24.5 Å². The van der Waals surface area contributed by atoms with Gasteiger partial charge in [0.15, 0.2) is 6.61 Å². The molecule has 1 heterocycles. The monoisotopic (exact) mass is 472 g/mol. The van der Waals surface area contributed by atoms with Crippen LogP contribution in [0.1, 0.15) is 28.8 Å². The third-order valence-electron chi connectivity index (χ3n) is 5.71. The fourth-order valence-electron chi connectivity index (χ4n) is 4.04. The van der Waals surface area contributed by atoms with Gasteiger partial charge in [0.1, 0.15) is 0 Å². The number of nitrogens with one attached hydrogen (secondary N) is 1. The van der Waals surface area contributed by atoms with Crippen molar-refractivity contribution in [3.05, 3.63) is 71.8 Å². The molecule has 1 saturated heterocycles. The van der Waals surface area contributed by atoms with E-state index >= 15 is 0 Å². The second-order valence-corrected chi connectivity index (χ2v) is 7.88. The van der Waals surface area contributed by atoms with Crippen molar-refractivity contribution in [1.29, 1.82) is 0 Å². The second kappa shape index (κ2) is 9.12. The first-order chi connectivity index (χ1) is 16.2. The highest BCUT2D eigenvalue weighted by atomic mass is 19.4. The number of anilines is 2. The Labute approximate surface area is 192 Å². The molecule has 34 heavy (non-hydrogen) atoms. The molecule has 0 bridgehead atoms. The Kier molecular flexibility index (Phi) is 6.23. The van der Waals surface area contributed by atoms with E-state index in [0.29, 0.717) is 18.5 Å². The number of hydrogen-bond donors (Lipinski definition) is 1. The summed E-state index contributed by atoms with van der Waals surface area (Å²) < 4.78 is 44.0. The molecule has 2 atom stereocenters. The normalized spacial score (nSPS) is 19.7. The van der Waals surface area contributed by atoms with Crippen molar-refractivity contribution < 1.29 is 37.1 Å². The average molecular weight is 472 g/mol. The van der Waals surface area contributed by atoms with Gasteiger partial charge in [0.2, 0.25) is 11.8 Å². The molecule has 10 heteroatoms. The summed E-state index contributed by atoms with van der Waals surface area (Å²) in [5.74, 6) is -3.17. The molecular formula is C24H19F3N2O5. The Morgan fingerprint density at radius 2 is 1.53 bits per heavy atom. The predicted octanol–water partition coefficient (Wildman–Crippen LogP) is 3.96. The Hall–Kier alpha value is -3.95. The molecule has 4 rings (SSSR count). The van der Waals surface area contributed by atoms with Crippen LogP contribution in [0, 0.1) is 11.8 Å². The minimum absolute atomic E-state index is 0.0467. The summed E-state index contributed by atoms with van der Waals surface area (Å²) in [5.41, 5.74) is -1.10. The second-order valence-electron chi connectivity index (χ2n) is 7.88. The number of allylic oxidation sites excluding steroid dienone is 2. The van der Waals surface area contributed by atoms with E-state index in [0.717, 1.165) is 17.0 Å². The quantitative estimate of drug-likeness (QED) is 0.404. The first-order valence-corrected chi connectivity index (χ1v) is 10.4. The highest BCUT2D eigenvalue weighted by molar-refractivity contribution is 6.22. The summed E-state index contributed by atoms with van der Waals surface area (Å²) in [7, 11) is 0. The molecule has 2 aromatic carbocycles. The zero-order valence-electron chi connectivity index (χ0n) is 17.7. The van der Waals surface area contributed by atoms with E-state index in [2.05, 4.69) is 5.32 Å². The Morgan fingerprint density at radius 1 is 0.941 bits per heavy atom. The van der Waals surface area contributed by atoms with Crippen LogP contribution < -0.4 is 10.2 Å². The van der Waals surface area contributed by atoms with Crippen molar-refractivity contribution in [2.75, 3.05) is 16.8 Å². The summed E-state index contributed by atoms with van der Waals surface area (Å²) in [6, 6.07) is 9.98. The smallest absolute Gasteiger partial charge is 0.418 e. The maximum atomic E-state index is 13.0. The van der Waals surface area contributed by atoms with Crippen LogP contribution in [0.5, 0.6) is 0 Å². The lowest BCUT2D eigenvalue weighted by Gasteiger charge is -2.15. The highest BCUT2D eigenvalue weighted by Gasteiger charge is 2.47. The van der Waals surface area contributed by atoms with Gasteiger partial charge < -0.3 is 10.1 Å². The summed E-state index contributed by atoms with van der Waals surface area (Å²) in [6.07, 6.45) is 0.117. The lowest BCUT2D eigenvalue weighted by molar-refractivity contribution is -0.137. The number of esters is 1. The largest absolute Gasteiger partial charge is 0.452 e. The van der Waals surface area contributed by atoms with Gasteiger partial charge in [-0.2, -0.15) is 13.2 Å². The number of carbonyl (C=O) groups excluding carboxylic acids is 4. The lowest BCUT2D eigenvalue weighted by atomic mass is 9.85. The SMILES string of the molecule is O=C(COC(=O)c1ccc(N2C(=O)[C@H]3CC=CC[C@@H]3C2=O)cc1)Nc1ccccc1C(F)(F)F. The molecular weight excluding hydrogens is 453 g/mol. The summed E-state index contributed by atoms with van der Waals surface area (Å²) in [5, 5.41) is 2.08. The zero-order chi connectivity index (χ0) is 24.5. The van der Waals surface area contributed by atoms with E-state index in [1.54, 1.807) is 0 Å². The standard InChI is InChI=1S/C24H19F3N2O5/c25-24(26,27)18-7-3-4-8-19(18)28-20(30)13-34-23(33)14-9-11-15(12-10-14)29-21(31)16-5-1-2-6-17(16)22(29)32/h1-4,7-12,16-17H,5-6,13H2,(H,28,30)/t16-,17-/m0/s1. The number of nitrogens with zero attached hydrogens (tertiary/aromatic N) is 1. The number of amides is 3. The Balaban J connectivity index is 1.36. The lowest BCUT2D eigenvalue weighted by Crippen LogP contribution is -2.30. The van der Waals surface area contributed by atoms with Gasteiger partial charge in [0, 0.05) is 0 Å². The number of hydrogen-bond acceptors (Lipinski definition) is 5. The number of halogens is 3. The van der Waals surface area contributed by atoms with Crippen molar-refractivity contribution >= 4 is 35.1 Å². The minimum Gasteiger partial charge on any atom is -0.452 e. The van der Waals surface area contributed by atoms with Gasteiger partial charge in [-0.1, -0.05) is 24.3 Å². The number of imide groups is 1. The molecule has 0 spiro atoms. The molecule has 176 valence electrons. The molecule has 2 aromatic rings. The van der Waals surface area contributed by atoms with Crippen LogP contribution >= 0.6 is 0 Å². The van der Waals surface area contributed by atoms with E-state index in [4.69, 9.17) is 4.74 Å². The van der Waals surface area contributed by atoms with Gasteiger partial charge in [-0.3, -0.25) is 19.3 Å². The maximum Gasteiger partial charge on any atom is 0.418 e. The average Bonchev–Trinajstić information content (AvgIpc) is 3.07. The Morgan fingerprint density at radius 3 is 2.12 bits per heavy atom. The van der Waals surface area contributed by atoms with Crippen LogP contribution in [0.3, 0.4) is 0 Å². The van der Waals surface area contributed by atoms with Crippen LogP contribution in [-0.2, 0) is 25.3 Å². The van der Waals surface area contributed by atoms with Gasteiger partial charge in [-0.05, 0) is 49.2 Å². The van der Waals surface area contributed by atoms with Crippen molar-refractivity contribution in [2.24, 2.45) is 11.8 Å². The molecule has 0 unspecified atom stereocenters. The van der Waals surface area contributed by atoms with Gasteiger partial charge >= 0.3 is 12.1 Å². The van der Waals surface area contributed by atoms with Crippen molar-refractivity contribution in [3.8, 4) is 0 Å². The molecule has 0 aromatic heterocycles. The molecule has 3 amide bonds. The molecule has 7 nitrogen and oxygen atoms in total. The molecule has 1 aliphatic carbocycles. The molecule has 1 aliphatic heterocycles.